The number of unbranched alkanes of at least 4 members (excludes halogenated alkanes) is 3. The van der Waals surface area contributed by atoms with Gasteiger partial charge in [-0.05, 0) is 59.9 Å². The van der Waals surface area contributed by atoms with E-state index in [1.807, 2.05) is 7.05 Å². The Hall–Kier alpha value is -0.150. The van der Waals surface area contributed by atoms with Gasteiger partial charge in [-0.1, -0.05) is 19.8 Å². The molecule has 0 aliphatic rings. The lowest BCUT2D eigenvalue weighted by Gasteiger charge is -2.14. The largest absolute Gasteiger partial charge is 0.320 e. The first-order valence-corrected chi connectivity index (χ1v) is 6.61. The van der Waals surface area contributed by atoms with Crippen molar-refractivity contribution in [2.45, 2.75) is 46.0 Å². The first kappa shape index (κ1) is 18.2. The van der Waals surface area contributed by atoms with Gasteiger partial charge >= 0.3 is 0 Å². The Labute approximate surface area is 102 Å². The highest BCUT2D eigenvalue weighted by molar-refractivity contribution is 4.51. The molecule has 1 N–H and O–H groups in total. The normalized spacial score (nSPS) is 10.1. The van der Waals surface area contributed by atoms with E-state index in [1.54, 1.807) is 0 Å². The second-order valence-corrected chi connectivity index (χ2v) is 4.09. The number of hydrogen-bond donors (Lipinski definition) is 1. The van der Waals surface area contributed by atoms with Gasteiger partial charge in [0.15, 0.2) is 0 Å². The lowest BCUT2D eigenvalue weighted by atomic mass is 10.2. The van der Waals surface area contributed by atoms with E-state index in [4.69, 9.17) is 0 Å². The topological polar surface area (TPSA) is 15.3 Å². The van der Waals surface area contributed by atoms with Gasteiger partial charge in [0.25, 0.3) is 0 Å². The van der Waals surface area contributed by atoms with Gasteiger partial charge in [0.2, 0.25) is 0 Å². The van der Waals surface area contributed by atoms with Crippen molar-refractivity contribution in [3.8, 4) is 0 Å². The van der Waals surface area contributed by atoms with Gasteiger partial charge in [-0.3, -0.25) is 4.39 Å². The molecule has 0 radical (unpaired) electrons. The molecular formula is C13H31FN2. The van der Waals surface area contributed by atoms with Crippen LogP contribution in [-0.2, 0) is 0 Å². The Morgan fingerprint density at radius 1 is 1.00 bits per heavy atom. The van der Waals surface area contributed by atoms with Gasteiger partial charge in [0, 0.05) is 0 Å². The lowest BCUT2D eigenvalue weighted by molar-refractivity contribution is 0.324. The first-order valence-electron chi connectivity index (χ1n) is 6.61. The number of rotatable bonds is 9. The Kier molecular flexibility index (Phi) is 19.6. The second kappa shape index (κ2) is 17.3. The van der Waals surface area contributed by atoms with E-state index in [0.717, 1.165) is 0 Å². The van der Waals surface area contributed by atoms with Crippen LogP contribution in [0.3, 0.4) is 0 Å². The molecule has 0 heterocycles. The maximum Gasteiger partial charge on any atom is 0.0866 e. The van der Waals surface area contributed by atoms with E-state index in [-0.39, 0.29) is 6.67 Å². The van der Waals surface area contributed by atoms with Crippen LogP contribution in [0.15, 0.2) is 0 Å². The highest BCUT2D eigenvalue weighted by atomic mass is 19.1. The monoisotopic (exact) mass is 234 g/mol. The molecule has 0 spiro atoms. The van der Waals surface area contributed by atoms with Crippen LogP contribution in [0.4, 0.5) is 4.39 Å². The van der Waals surface area contributed by atoms with E-state index >= 15 is 0 Å². The standard InChI is InChI=1S/C11H26N2.C2H5F/c1-4-10-13(3)11-8-6-5-7-9-12-2;1-2-3/h12H,4-11H2,1-3H3;2H2,1H3. The minimum Gasteiger partial charge on any atom is -0.320 e. The summed E-state index contributed by atoms with van der Waals surface area (Å²) >= 11 is 0. The molecule has 0 aromatic heterocycles. The summed E-state index contributed by atoms with van der Waals surface area (Å²) < 4.78 is 10.3. The van der Waals surface area contributed by atoms with Gasteiger partial charge in [-0.2, -0.15) is 0 Å². The third-order valence-electron chi connectivity index (χ3n) is 2.32. The summed E-state index contributed by atoms with van der Waals surface area (Å²) in [5, 5.41) is 3.18. The van der Waals surface area contributed by atoms with E-state index in [0.29, 0.717) is 0 Å². The SMILES string of the molecule is CCCN(C)CCCCCCNC.CCF. The van der Waals surface area contributed by atoms with Gasteiger partial charge in [-0.25, -0.2) is 0 Å². The first-order chi connectivity index (χ1) is 7.72. The van der Waals surface area contributed by atoms with Crippen LogP contribution in [-0.4, -0.2) is 45.3 Å². The smallest absolute Gasteiger partial charge is 0.0866 e. The fraction of sp³-hybridized carbons (Fsp3) is 1.00. The van der Waals surface area contributed by atoms with Crippen molar-refractivity contribution >= 4 is 0 Å². The average Bonchev–Trinajstić information content (AvgIpc) is 2.25. The highest BCUT2D eigenvalue weighted by Gasteiger charge is 1.95. The van der Waals surface area contributed by atoms with Crippen LogP contribution in [0, 0.1) is 0 Å². The van der Waals surface area contributed by atoms with Crippen molar-refractivity contribution < 1.29 is 4.39 Å². The van der Waals surface area contributed by atoms with Crippen LogP contribution in [0.5, 0.6) is 0 Å². The maximum absolute atomic E-state index is 10.3. The molecule has 0 aliphatic heterocycles. The Balaban J connectivity index is 0. The van der Waals surface area contributed by atoms with Crippen molar-refractivity contribution in [3.63, 3.8) is 0 Å². The minimum absolute atomic E-state index is 0.250. The van der Waals surface area contributed by atoms with Crippen molar-refractivity contribution in [1.29, 1.82) is 0 Å². The molecule has 0 aromatic carbocycles. The molecule has 0 saturated carbocycles. The Morgan fingerprint density at radius 3 is 2.06 bits per heavy atom. The van der Waals surface area contributed by atoms with Gasteiger partial charge < -0.3 is 10.2 Å². The molecule has 0 saturated heterocycles. The highest BCUT2D eigenvalue weighted by Crippen LogP contribution is 2.00. The predicted molar refractivity (Wildman–Crippen MR) is 71.8 cm³/mol. The fourth-order valence-electron chi connectivity index (χ4n) is 1.53. The predicted octanol–water partition coefficient (Wildman–Crippen LogP) is 3.08. The zero-order valence-corrected chi connectivity index (χ0v) is 11.7. The molecule has 16 heavy (non-hydrogen) atoms. The summed E-state index contributed by atoms with van der Waals surface area (Å²) in [5.74, 6) is 0. The van der Waals surface area contributed by atoms with E-state index in [2.05, 4.69) is 24.2 Å². The van der Waals surface area contributed by atoms with Gasteiger partial charge in [-0.15, -0.1) is 0 Å². The third-order valence-corrected chi connectivity index (χ3v) is 2.32. The minimum atomic E-state index is -0.250. The Bertz CT molecular complexity index is 110. The average molecular weight is 234 g/mol. The zero-order chi connectivity index (χ0) is 12.6. The molecule has 0 bridgehead atoms. The van der Waals surface area contributed by atoms with Crippen LogP contribution < -0.4 is 5.32 Å². The summed E-state index contributed by atoms with van der Waals surface area (Å²) in [5.41, 5.74) is 0. The molecule has 0 amide bonds. The molecular weight excluding hydrogens is 203 g/mol. The number of halogens is 1. The van der Waals surface area contributed by atoms with Gasteiger partial charge in [0.05, 0.1) is 6.67 Å². The van der Waals surface area contributed by atoms with E-state index in [1.165, 1.54) is 58.7 Å². The quantitative estimate of drug-likeness (QED) is 0.617. The van der Waals surface area contributed by atoms with Crippen molar-refractivity contribution in [2.75, 3.05) is 40.4 Å². The lowest BCUT2D eigenvalue weighted by Crippen LogP contribution is -2.20. The van der Waals surface area contributed by atoms with Crippen LogP contribution in [0.25, 0.3) is 0 Å². The molecule has 0 aliphatic carbocycles. The summed E-state index contributed by atoms with van der Waals surface area (Å²) in [7, 11) is 4.24. The fourth-order valence-corrected chi connectivity index (χ4v) is 1.53. The molecule has 0 atom stereocenters. The number of nitrogens with one attached hydrogen (secondary N) is 1. The van der Waals surface area contributed by atoms with Crippen LogP contribution in [0.1, 0.15) is 46.0 Å². The van der Waals surface area contributed by atoms with Crippen LogP contribution in [0.2, 0.25) is 0 Å². The van der Waals surface area contributed by atoms with E-state index < -0.39 is 0 Å². The maximum atomic E-state index is 10.3. The van der Waals surface area contributed by atoms with Crippen LogP contribution >= 0.6 is 0 Å². The summed E-state index contributed by atoms with van der Waals surface area (Å²) in [6.45, 7) is 7.14. The molecule has 2 nitrogen and oxygen atoms in total. The third kappa shape index (κ3) is 19.4. The molecule has 0 aromatic rings. The molecule has 0 unspecified atom stereocenters. The van der Waals surface area contributed by atoms with Gasteiger partial charge in [0.1, 0.15) is 0 Å². The zero-order valence-electron chi connectivity index (χ0n) is 11.7. The number of hydrogen-bond acceptors (Lipinski definition) is 2. The summed E-state index contributed by atoms with van der Waals surface area (Å²) in [6, 6.07) is 0. The van der Waals surface area contributed by atoms with Crippen molar-refractivity contribution in [3.05, 3.63) is 0 Å². The molecule has 0 fully saturated rings. The number of nitrogens with zero attached hydrogens (tertiary/aromatic N) is 1. The van der Waals surface area contributed by atoms with E-state index in [9.17, 15) is 4.39 Å². The molecule has 100 valence electrons. The summed E-state index contributed by atoms with van der Waals surface area (Å²) in [6.07, 6.45) is 6.72. The second-order valence-electron chi connectivity index (χ2n) is 4.09. The Morgan fingerprint density at radius 2 is 1.56 bits per heavy atom. The van der Waals surface area contributed by atoms with Crippen molar-refractivity contribution in [2.24, 2.45) is 0 Å². The molecule has 0 rings (SSSR count). The molecule has 3 heteroatoms. The van der Waals surface area contributed by atoms with Crippen molar-refractivity contribution in [1.82, 2.24) is 10.2 Å². The summed E-state index contributed by atoms with van der Waals surface area (Å²) in [4.78, 5) is 2.43. The number of alkyl halides is 1.